The summed E-state index contributed by atoms with van der Waals surface area (Å²) in [4.78, 5) is 35.5. The molecule has 0 aromatic heterocycles. The summed E-state index contributed by atoms with van der Waals surface area (Å²) in [7, 11) is 1.63. The first-order chi connectivity index (χ1) is 9.30. The number of methoxy groups -OCH3 is 1. The summed E-state index contributed by atoms with van der Waals surface area (Å²) in [5.74, 6) is -1.95. The van der Waals surface area contributed by atoms with Crippen LogP contribution >= 0.6 is 0 Å². The van der Waals surface area contributed by atoms with E-state index in [0.717, 1.165) is 0 Å². The molecular formula is C15H24O5. The molecule has 1 aliphatic rings. The molecule has 0 radical (unpaired) electrons. The van der Waals surface area contributed by atoms with Crippen LogP contribution in [0.1, 0.15) is 46.5 Å². The van der Waals surface area contributed by atoms with Gasteiger partial charge in [0.05, 0.1) is 18.6 Å². The van der Waals surface area contributed by atoms with Crippen LogP contribution in [0.15, 0.2) is 0 Å². The van der Waals surface area contributed by atoms with Crippen molar-refractivity contribution in [1.82, 2.24) is 0 Å². The average molecular weight is 284 g/mol. The van der Waals surface area contributed by atoms with Crippen LogP contribution in [-0.4, -0.2) is 36.9 Å². The summed E-state index contributed by atoms with van der Waals surface area (Å²) in [5.41, 5.74) is -0.331. The summed E-state index contributed by atoms with van der Waals surface area (Å²) >= 11 is 0. The Hall–Kier alpha value is -1.23. The smallest absolute Gasteiger partial charge is 0.316 e. The van der Waals surface area contributed by atoms with Gasteiger partial charge in [-0.3, -0.25) is 14.4 Å². The number of carbonyl (C=O) groups excluding carboxylic acids is 3. The third-order valence-corrected chi connectivity index (χ3v) is 3.89. The lowest BCUT2D eigenvalue weighted by atomic mass is 9.74. The van der Waals surface area contributed by atoms with Crippen LogP contribution in [0.25, 0.3) is 0 Å². The molecule has 1 saturated carbocycles. The lowest BCUT2D eigenvalue weighted by Crippen LogP contribution is -2.40. The molecule has 2 atom stereocenters. The fourth-order valence-electron chi connectivity index (χ4n) is 2.51. The topological polar surface area (TPSA) is 69.7 Å². The van der Waals surface area contributed by atoms with Gasteiger partial charge in [0.1, 0.15) is 11.7 Å². The Morgan fingerprint density at radius 2 is 2.00 bits per heavy atom. The van der Waals surface area contributed by atoms with Gasteiger partial charge in [-0.25, -0.2) is 0 Å². The molecule has 2 unspecified atom stereocenters. The number of ketones is 2. The summed E-state index contributed by atoms with van der Waals surface area (Å²) in [5, 5.41) is 0. The zero-order valence-corrected chi connectivity index (χ0v) is 12.7. The van der Waals surface area contributed by atoms with E-state index in [4.69, 9.17) is 9.47 Å². The maximum Gasteiger partial charge on any atom is 0.316 e. The van der Waals surface area contributed by atoms with Crippen LogP contribution in [0.5, 0.6) is 0 Å². The van der Waals surface area contributed by atoms with E-state index in [1.807, 2.05) is 13.8 Å². The normalized spacial score (nSPS) is 23.8. The van der Waals surface area contributed by atoms with Crippen LogP contribution in [0.4, 0.5) is 0 Å². The largest absolute Gasteiger partial charge is 0.465 e. The Balaban J connectivity index is 2.78. The minimum Gasteiger partial charge on any atom is -0.465 e. The van der Waals surface area contributed by atoms with E-state index in [1.165, 1.54) is 0 Å². The molecule has 114 valence electrons. The minimum absolute atomic E-state index is 0.0872. The minimum atomic E-state index is -0.791. The van der Waals surface area contributed by atoms with Crippen molar-refractivity contribution >= 4 is 17.5 Å². The second kappa shape index (κ2) is 6.97. The molecule has 0 bridgehead atoms. The molecule has 0 amide bonds. The highest BCUT2D eigenvalue weighted by Gasteiger charge is 2.41. The summed E-state index contributed by atoms with van der Waals surface area (Å²) in [6.07, 6.45) is 1.41. The van der Waals surface area contributed by atoms with Crippen LogP contribution in [0, 0.1) is 11.8 Å². The number of ether oxygens (including phenoxy) is 2. The van der Waals surface area contributed by atoms with E-state index in [0.29, 0.717) is 12.8 Å². The summed E-state index contributed by atoms with van der Waals surface area (Å²) in [6, 6.07) is 0. The molecule has 0 aromatic rings. The van der Waals surface area contributed by atoms with Crippen molar-refractivity contribution in [2.45, 2.75) is 52.1 Å². The van der Waals surface area contributed by atoms with Crippen molar-refractivity contribution in [3.8, 4) is 0 Å². The number of carbonyl (C=O) groups is 3. The predicted octanol–water partition coefficient (Wildman–Crippen LogP) is 1.92. The Labute approximate surface area is 120 Å². The van der Waals surface area contributed by atoms with Crippen molar-refractivity contribution in [1.29, 1.82) is 0 Å². The van der Waals surface area contributed by atoms with Gasteiger partial charge in [-0.15, -0.1) is 0 Å². The van der Waals surface area contributed by atoms with Gasteiger partial charge in [0.15, 0.2) is 5.78 Å². The monoisotopic (exact) mass is 284 g/mol. The zero-order valence-electron chi connectivity index (χ0n) is 12.7. The molecular weight excluding hydrogens is 260 g/mol. The summed E-state index contributed by atoms with van der Waals surface area (Å²) in [6.45, 7) is 5.84. The van der Waals surface area contributed by atoms with E-state index in [-0.39, 0.29) is 42.5 Å². The Kier molecular flexibility index (Phi) is 5.87. The fourth-order valence-corrected chi connectivity index (χ4v) is 2.51. The van der Waals surface area contributed by atoms with Crippen LogP contribution in [-0.2, 0) is 23.9 Å². The number of esters is 1. The molecule has 0 aliphatic heterocycles. The van der Waals surface area contributed by atoms with E-state index in [2.05, 4.69) is 0 Å². The Bertz CT molecular complexity index is 386. The molecule has 0 saturated heterocycles. The first-order valence-electron chi connectivity index (χ1n) is 7.07. The van der Waals surface area contributed by atoms with Gasteiger partial charge in [0.25, 0.3) is 0 Å². The van der Waals surface area contributed by atoms with Gasteiger partial charge in [-0.2, -0.15) is 0 Å². The Morgan fingerprint density at radius 1 is 1.35 bits per heavy atom. The molecule has 1 fully saturated rings. The lowest BCUT2D eigenvalue weighted by Gasteiger charge is -2.31. The van der Waals surface area contributed by atoms with E-state index >= 15 is 0 Å². The van der Waals surface area contributed by atoms with Gasteiger partial charge >= 0.3 is 5.97 Å². The molecule has 20 heavy (non-hydrogen) atoms. The van der Waals surface area contributed by atoms with E-state index < -0.39 is 11.9 Å². The first kappa shape index (κ1) is 16.8. The van der Waals surface area contributed by atoms with Crippen molar-refractivity contribution in [3.05, 3.63) is 0 Å². The highest BCUT2D eigenvalue weighted by Crippen LogP contribution is 2.32. The maximum absolute atomic E-state index is 12.0. The van der Waals surface area contributed by atoms with Crippen molar-refractivity contribution in [3.63, 3.8) is 0 Å². The first-order valence-corrected chi connectivity index (χ1v) is 7.07. The van der Waals surface area contributed by atoms with Gasteiger partial charge < -0.3 is 9.47 Å². The predicted molar refractivity (Wildman–Crippen MR) is 73.2 cm³/mol. The third-order valence-electron chi connectivity index (χ3n) is 3.89. The maximum atomic E-state index is 12.0. The second-order valence-corrected chi connectivity index (χ2v) is 5.88. The van der Waals surface area contributed by atoms with Crippen molar-refractivity contribution in [2.24, 2.45) is 11.8 Å². The Morgan fingerprint density at radius 3 is 2.55 bits per heavy atom. The fraction of sp³-hybridized carbons (Fsp3) is 0.800. The number of Topliss-reactive ketones (excluding diaryl/α,β-unsaturated/α-hetero) is 2. The van der Waals surface area contributed by atoms with E-state index in [1.54, 1.807) is 14.0 Å². The summed E-state index contributed by atoms with van der Waals surface area (Å²) < 4.78 is 10.3. The quantitative estimate of drug-likeness (QED) is 0.550. The SMILES string of the molecule is CCOC(=O)C1C(=O)CC(=O)CC1CCC(C)(C)OC. The molecule has 5 heteroatoms. The van der Waals surface area contributed by atoms with Gasteiger partial charge in [-0.05, 0) is 39.5 Å². The van der Waals surface area contributed by atoms with Crippen LogP contribution in [0.2, 0.25) is 0 Å². The zero-order chi connectivity index (χ0) is 15.3. The molecule has 0 spiro atoms. The van der Waals surface area contributed by atoms with Gasteiger partial charge in [0, 0.05) is 13.5 Å². The van der Waals surface area contributed by atoms with Crippen LogP contribution in [0.3, 0.4) is 0 Å². The van der Waals surface area contributed by atoms with Crippen molar-refractivity contribution in [2.75, 3.05) is 13.7 Å². The van der Waals surface area contributed by atoms with Crippen LogP contribution < -0.4 is 0 Å². The standard InChI is InChI=1S/C15H24O5/c1-5-20-14(18)13-10(6-7-15(2,3)19-4)8-11(16)9-12(13)17/h10,13H,5-9H2,1-4H3. The molecule has 1 aliphatic carbocycles. The highest BCUT2D eigenvalue weighted by molar-refractivity contribution is 6.10. The highest BCUT2D eigenvalue weighted by atomic mass is 16.5. The third kappa shape index (κ3) is 4.40. The molecule has 0 aromatic carbocycles. The number of hydrogen-bond acceptors (Lipinski definition) is 5. The van der Waals surface area contributed by atoms with E-state index in [9.17, 15) is 14.4 Å². The van der Waals surface area contributed by atoms with Gasteiger partial charge in [0.2, 0.25) is 0 Å². The molecule has 1 rings (SSSR count). The van der Waals surface area contributed by atoms with Gasteiger partial charge in [-0.1, -0.05) is 0 Å². The number of hydrogen-bond donors (Lipinski definition) is 0. The molecule has 0 heterocycles. The molecule has 0 N–H and O–H groups in total. The second-order valence-electron chi connectivity index (χ2n) is 5.88. The average Bonchev–Trinajstić information content (AvgIpc) is 2.36. The molecule has 5 nitrogen and oxygen atoms in total. The number of rotatable bonds is 6. The van der Waals surface area contributed by atoms with Crippen molar-refractivity contribution < 1.29 is 23.9 Å². The lowest BCUT2D eigenvalue weighted by molar-refractivity contribution is -0.156.